The lowest BCUT2D eigenvalue weighted by Gasteiger charge is -2.22. The van der Waals surface area contributed by atoms with E-state index in [1.165, 1.54) is 5.56 Å². The first-order chi connectivity index (χ1) is 9.77. The molecule has 4 nitrogen and oxygen atoms in total. The van der Waals surface area contributed by atoms with Crippen molar-refractivity contribution in [1.82, 2.24) is 10.2 Å². The molecule has 0 radical (unpaired) electrons. The van der Waals surface area contributed by atoms with E-state index in [-0.39, 0.29) is 23.1 Å². The van der Waals surface area contributed by atoms with Crippen LogP contribution in [0.3, 0.4) is 0 Å². The molecule has 114 valence electrons. The van der Waals surface area contributed by atoms with Gasteiger partial charge in [0.25, 0.3) is 0 Å². The first-order valence-electron chi connectivity index (χ1n) is 7.38. The highest BCUT2D eigenvalue weighted by atomic mass is 16.2. The lowest BCUT2D eigenvalue weighted by Crippen LogP contribution is -2.33. The molecule has 2 rings (SSSR count). The number of rotatable bonds is 3. The van der Waals surface area contributed by atoms with Crippen LogP contribution in [-0.4, -0.2) is 30.3 Å². The van der Waals surface area contributed by atoms with Crippen molar-refractivity contribution in [2.24, 2.45) is 5.92 Å². The zero-order valence-electron chi connectivity index (χ0n) is 13.3. The van der Waals surface area contributed by atoms with E-state index < -0.39 is 0 Å². The van der Waals surface area contributed by atoms with E-state index in [9.17, 15) is 9.59 Å². The zero-order valence-corrected chi connectivity index (χ0v) is 13.3. The van der Waals surface area contributed by atoms with E-state index in [4.69, 9.17) is 0 Å². The Labute approximate surface area is 126 Å². The maximum Gasteiger partial charge on any atom is 0.228 e. The van der Waals surface area contributed by atoms with E-state index in [0.717, 1.165) is 5.56 Å². The highest BCUT2D eigenvalue weighted by molar-refractivity contribution is 5.89. The minimum atomic E-state index is -0.212. The van der Waals surface area contributed by atoms with Gasteiger partial charge in [0.1, 0.15) is 0 Å². The van der Waals surface area contributed by atoms with Crippen LogP contribution in [0.5, 0.6) is 0 Å². The molecule has 21 heavy (non-hydrogen) atoms. The van der Waals surface area contributed by atoms with Crippen LogP contribution in [-0.2, 0) is 21.5 Å². The molecule has 2 amide bonds. The third-order valence-electron chi connectivity index (χ3n) is 3.94. The third kappa shape index (κ3) is 3.84. The van der Waals surface area contributed by atoms with Gasteiger partial charge in [-0.15, -0.1) is 0 Å². The Balaban J connectivity index is 1.97. The molecule has 0 bridgehead atoms. The van der Waals surface area contributed by atoms with Gasteiger partial charge in [-0.25, -0.2) is 0 Å². The molecule has 1 unspecified atom stereocenters. The largest absolute Gasteiger partial charge is 0.355 e. The van der Waals surface area contributed by atoms with Gasteiger partial charge in [0.15, 0.2) is 0 Å². The summed E-state index contributed by atoms with van der Waals surface area (Å²) in [4.78, 5) is 25.1. The van der Waals surface area contributed by atoms with Crippen LogP contribution in [0.4, 0.5) is 0 Å². The molecule has 0 aliphatic carbocycles. The molecule has 0 spiro atoms. The van der Waals surface area contributed by atoms with Crippen molar-refractivity contribution < 1.29 is 9.59 Å². The smallest absolute Gasteiger partial charge is 0.228 e. The summed E-state index contributed by atoms with van der Waals surface area (Å²) >= 11 is 0. The number of hydrogen-bond donors (Lipinski definition) is 1. The molecule has 1 aliphatic rings. The van der Waals surface area contributed by atoms with Crippen molar-refractivity contribution >= 4 is 11.8 Å². The Morgan fingerprint density at radius 2 is 1.90 bits per heavy atom. The number of carbonyl (C=O) groups is 2. The van der Waals surface area contributed by atoms with E-state index in [1.807, 2.05) is 0 Å². The van der Waals surface area contributed by atoms with Gasteiger partial charge in [-0.05, 0) is 16.5 Å². The van der Waals surface area contributed by atoms with E-state index in [1.54, 1.807) is 11.9 Å². The summed E-state index contributed by atoms with van der Waals surface area (Å²) < 4.78 is 0. The number of nitrogens with one attached hydrogen (secondary N) is 1. The van der Waals surface area contributed by atoms with Gasteiger partial charge < -0.3 is 10.2 Å². The van der Waals surface area contributed by atoms with Gasteiger partial charge in [-0.1, -0.05) is 45.0 Å². The molecule has 1 heterocycles. The maximum absolute atomic E-state index is 12.3. The average molecular weight is 288 g/mol. The first-order valence-corrected chi connectivity index (χ1v) is 7.38. The van der Waals surface area contributed by atoms with Crippen molar-refractivity contribution in [3.8, 4) is 0 Å². The highest BCUT2D eigenvalue weighted by Crippen LogP contribution is 2.22. The van der Waals surface area contributed by atoms with Crippen molar-refractivity contribution in [2.45, 2.75) is 39.2 Å². The molecule has 1 fully saturated rings. The normalized spacial score (nSPS) is 18.5. The van der Waals surface area contributed by atoms with Crippen LogP contribution >= 0.6 is 0 Å². The van der Waals surface area contributed by atoms with Crippen LogP contribution in [0, 0.1) is 5.92 Å². The molecule has 1 aliphatic heterocycles. The summed E-state index contributed by atoms with van der Waals surface area (Å²) in [5, 5.41) is 2.71. The molecular formula is C17H24N2O2. The minimum Gasteiger partial charge on any atom is -0.355 e. The standard InChI is InChI=1S/C17H24N2O2/c1-17(2,3)14-7-5-12(6-8-14)11-19(4)16(21)13-9-15(20)18-10-13/h5-8,13H,9-11H2,1-4H3,(H,18,20). The lowest BCUT2D eigenvalue weighted by atomic mass is 9.87. The number of carbonyl (C=O) groups excluding carboxylic acids is 2. The molecule has 4 heteroatoms. The van der Waals surface area contributed by atoms with E-state index >= 15 is 0 Å². The molecule has 0 aromatic heterocycles. The van der Waals surface area contributed by atoms with Gasteiger partial charge >= 0.3 is 0 Å². The summed E-state index contributed by atoms with van der Waals surface area (Å²) in [5.74, 6) is -0.208. The van der Waals surface area contributed by atoms with Gasteiger partial charge in [0.2, 0.25) is 11.8 Å². The Kier molecular flexibility index (Phi) is 4.35. The van der Waals surface area contributed by atoms with Crippen molar-refractivity contribution in [1.29, 1.82) is 0 Å². The quantitative estimate of drug-likeness (QED) is 0.925. The van der Waals surface area contributed by atoms with Crippen LogP contribution in [0.25, 0.3) is 0 Å². The maximum atomic E-state index is 12.3. The second-order valence-electron chi connectivity index (χ2n) is 6.85. The molecular weight excluding hydrogens is 264 g/mol. The topological polar surface area (TPSA) is 49.4 Å². The van der Waals surface area contributed by atoms with Crippen LogP contribution in [0.1, 0.15) is 38.3 Å². The van der Waals surface area contributed by atoms with Gasteiger partial charge in [0, 0.05) is 26.6 Å². The van der Waals surface area contributed by atoms with Gasteiger partial charge in [-0.3, -0.25) is 9.59 Å². The fourth-order valence-corrected chi connectivity index (χ4v) is 2.55. The average Bonchev–Trinajstić information content (AvgIpc) is 2.84. The highest BCUT2D eigenvalue weighted by Gasteiger charge is 2.29. The fraction of sp³-hybridized carbons (Fsp3) is 0.529. The predicted molar refractivity (Wildman–Crippen MR) is 82.7 cm³/mol. The van der Waals surface area contributed by atoms with Crippen molar-refractivity contribution in [3.05, 3.63) is 35.4 Å². The third-order valence-corrected chi connectivity index (χ3v) is 3.94. The zero-order chi connectivity index (χ0) is 15.6. The summed E-state index contributed by atoms with van der Waals surface area (Å²) in [6.07, 6.45) is 0.312. The number of nitrogens with zero attached hydrogens (tertiary/aromatic N) is 1. The number of benzene rings is 1. The fourth-order valence-electron chi connectivity index (χ4n) is 2.55. The molecule has 1 atom stereocenters. The Hall–Kier alpha value is -1.84. The lowest BCUT2D eigenvalue weighted by molar-refractivity contribution is -0.135. The second kappa shape index (κ2) is 5.88. The Bertz CT molecular complexity index is 529. The summed E-state index contributed by atoms with van der Waals surface area (Å²) in [6.45, 7) is 7.59. The van der Waals surface area contributed by atoms with Gasteiger partial charge in [-0.2, -0.15) is 0 Å². The summed E-state index contributed by atoms with van der Waals surface area (Å²) in [5.41, 5.74) is 2.53. The van der Waals surface area contributed by atoms with Crippen molar-refractivity contribution in [3.63, 3.8) is 0 Å². The van der Waals surface area contributed by atoms with Crippen molar-refractivity contribution in [2.75, 3.05) is 13.6 Å². The van der Waals surface area contributed by atoms with Crippen LogP contribution in [0.15, 0.2) is 24.3 Å². The monoisotopic (exact) mass is 288 g/mol. The Morgan fingerprint density at radius 1 is 1.29 bits per heavy atom. The molecule has 1 saturated heterocycles. The van der Waals surface area contributed by atoms with Crippen LogP contribution in [0.2, 0.25) is 0 Å². The Morgan fingerprint density at radius 3 is 2.38 bits per heavy atom. The summed E-state index contributed by atoms with van der Waals surface area (Å²) in [7, 11) is 1.79. The first kappa shape index (κ1) is 15.5. The van der Waals surface area contributed by atoms with Crippen LogP contribution < -0.4 is 5.32 Å². The summed E-state index contributed by atoms with van der Waals surface area (Å²) in [6, 6.07) is 8.38. The molecule has 1 N–H and O–H groups in total. The van der Waals surface area contributed by atoms with E-state index in [2.05, 4.69) is 50.4 Å². The molecule has 0 saturated carbocycles. The van der Waals surface area contributed by atoms with Gasteiger partial charge in [0.05, 0.1) is 5.92 Å². The molecule has 1 aromatic rings. The number of amides is 2. The minimum absolute atomic E-state index is 0.0312. The molecule has 1 aromatic carbocycles. The SMILES string of the molecule is CN(Cc1ccc(C(C)(C)C)cc1)C(=O)C1CNC(=O)C1. The second-order valence-corrected chi connectivity index (χ2v) is 6.85. The number of hydrogen-bond acceptors (Lipinski definition) is 2. The van der Waals surface area contributed by atoms with E-state index in [0.29, 0.717) is 19.5 Å². The predicted octanol–water partition coefficient (Wildman–Crippen LogP) is 2.08.